The quantitative estimate of drug-likeness (QED) is 0.836. The molecule has 0 radical (unpaired) electrons. The molecule has 2 fully saturated rings. The molecule has 0 spiro atoms. The van der Waals surface area contributed by atoms with E-state index >= 15 is 0 Å². The average molecular weight is 300 g/mol. The summed E-state index contributed by atoms with van der Waals surface area (Å²) in [6, 6.07) is 7.26. The lowest BCUT2D eigenvalue weighted by Crippen LogP contribution is -2.48. The minimum Gasteiger partial charge on any atom is -0.328 e. The van der Waals surface area contributed by atoms with E-state index in [4.69, 9.17) is 0 Å². The lowest BCUT2D eigenvalue weighted by atomic mass is 9.82. The highest BCUT2D eigenvalue weighted by molar-refractivity contribution is 5.81. The van der Waals surface area contributed by atoms with Crippen LogP contribution in [0.5, 0.6) is 0 Å². The second-order valence-electron chi connectivity index (χ2n) is 7.12. The highest BCUT2D eigenvalue weighted by Gasteiger charge is 2.58. The Hall–Kier alpha value is -1.89. The number of nitrogens with zero attached hydrogens (tertiary/aromatic N) is 2. The summed E-state index contributed by atoms with van der Waals surface area (Å²) < 4.78 is 14.6. The van der Waals surface area contributed by atoms with Crippen molar-refractivity contribution in [1.82, 2.24) is 4.90 Å². The van der Waals surface area contributed by atoms with Gasteiger partial charge in [-0.25, -0.2) is 4.39 Å². The van der Waals surface area contributed by atoms with E-state index in [9.17, 15) is 14.4 Å². The van der Waals surface area contributed by atoms with Crippen molar-refractivity contribution in [2.75, 3.05) is 0 Å². The first-order valence-electron chi connectivity index (χ1n) is 7.82. The molecule has 0 unspecified atom stereocenters. The molecule has 0 N–H and O–H groups in total. The van der Waals surface area contributed by atoms with Crippen LogP contribution in [0.2, 0.25) is 0 Å². The van der Waals surface area contributed by atoms with Gasteiger partial charge in [0.1, 0.15) is 5.82 Å². The summed E-state index contributed by atoms with van der Waals surface area (Å²) in [5.41, 5.74) is 0.346. The van der Waals surface area contributed by atoms with E-state index < -0.39 is 11.0 Å². The van der Waals surface area contributed by atoms with Gasteiger partial charge in [0.2, 0.25) is 5.91 Å². The number of hydrogen-bond acceptors (Lipinski definition) is 2. The van der Waals surface area contributed by atoms with Crippen LogP contribution in [0.3, 0.4) is 0 Å². The monoisotopic (exact) mass is 300 g/mol. The van der Waals surface area contributed by atoms with Gasteiger partial charge in [0.15, 0.2) is 0 Å². The second kappa shape index (κ2) is 4.81. The third kappa shape index (κ3) is 1.88. The number of nitriles is 1. The highest BCUT2D eigenvalue weighted by atomic mass is 19.1. The standard InChI is InChI=1S/C18H21FN2O/c1-12-5-4-6-13(19)16(12)18-9-7-14(17(2,3)11-20)21(18)15(22)8-10-18/h4-6,14H,7-10H2,1-3H3/t14-,18-/m1/s1. The zero-order valence-electron chi connectivity index (χ0n) is 13.3. The van der Waals surface area contributed by atoms with Crippen LogP contribution in [0.1, 0.15) is 50.7 Å². The van der Waals surface area contributed by atoms with Gasteiger partial charge in [-0.3, -0.25) is 4.79 Å². The minimum atomic E-state index is -0.624. The van der Waals surface area contributed by atoms with E-state index in [1.807, 2.05) is 31.7 Å². The van der Waals surface area contributed by atoms with Gasteiger partial charge in [0.25, 0.3) is 0 Å². The number of benzene rings is 1. The molecule has 3 nitrogen and oxygen atoms in total. The van der Waals surface area contributed by atoms with Crippen molar-refractivity contribution in [3.05, 3.63) is 35.1 Å². The molecule has 2 aliphatic rings. The number of carbonyl (C=O) groups is 1. The Balaban J connectivity index is 2.15. The lowest BCUT2D eigenvalue weighted by molar-refractivity contribution is -0.133. The fourth-order valence-corrected chi connectivity index (χ4v) is 4.37. The van der Waals surface area contributed by atoms with Gasteiger partial charge in [-0.2, -0.15) is 5.26 Å². The van der Waals surface area contributed by atoms with Crippen LogP contribution in [0, 0.1) is 29.5 Å². The van der Waals surface area contributed by atoms with Crippen molar-refractivity contribution in [3.63, 3.8) is 0 Å². The van der Waals surface area contributed by atoms with E-state index in [1.165, 1.54) is 6.07 Å². The number of aryl methyl sites for hydroxylation is 1. The highest BCUT2D eigenvalue weighted by Crippen LogP contribution is 2.54. The topological polar surface area (TPSA) is 44.1 Å². The summed E-state index contributed by atoms with van der Waals surface area (Å²) >= 11 is 0. The molecule has 0 aliphatic carbocycles. The van der Waals surface area contributed by atoms with Crippen LogP contribution in [-0.2, 0) is 10.3 Å². The SMILES string of the molecule is Cc1cccc(F)c1[C@@]12CCC(=O)N1[C@@H](C(C)(C)C#N)CC2. The summed E-state index contributed by atoms with van der Waals surface area (Å²) in [7, 11) is 0. The fraction of sp³-hybridized carbons (Fsp3) is 0.556. The van der Waals surface area contributed by atoms with E-state index in [2.05, 4.69) is 6.07 Å². The lowest BCUT2D eigenvalue weighted by Gasteiger charge is -2.40. The molecule has 0 bridgehead atoms. The molecule has 2 atom stereocenters. The predicted molar refractivity (Wildman–Crippen MR) is 81.3 cm³/mol. The maximum absolute atomic E-state index is 14.6. The maximum Gasteiger partial charge on any atom is 0.223 e. The molecular weight excluding hydrogens is 279 g/mol. The number of rotatable bonds is 2. The van der Waals surface area contributed by atoms with E-state index in [0.717, 1.165) is 18.4 Å². The number of fused-ring (bicyclic) bond motifs is 1. The third-order valence-corrected chi connectivity index (χ3v) is 5.43. The molecule has 2 heterocycles. The van der Waals surface area contributed by atoms with Gasteiger partial charge in [0.05, 0.1) is 23.1 Å². The van der Waals surface area contributed by atoms with Crippen LogP contribution in [0.25, 0.3) is 0 Å². The van der Waals surface area contributed by atoms with Crippen molar-refractivity contribution in [2.24, 2.45) is 5.41 Å². The van der Waals surface area contributed by atoms with Crippen LogP contribution in [-0.4, -0.2) is 16.8 Å². The Morgan fingerprint density at radius 2 is 2.14 bits per heavy atom. The number of carbonyl (C=O) groups excluding carboxylic acids is 1. The molecule has 2 aliphatic heterocycles. The van der Waals surface area contributed by atoms with Gasteiger partial charge < -0.3 is 4.90 Å². The molecule has 116 valence electrons. The summed E-state index contributed by atoms with van der Waals surface area (Å²) in [6.07, 6.45) is 2.56. The first kappa shape index (κ1) is 15.0. The summed E-state index contributed by atoms with van der Waals surface area (Å²) in [5.74, 6) is -0.191. The van der Waals surface area contributed by atoms with Crippen molar-refractivity contribution < 1.29 is 9.18 Å². The van der Waals surface area contributed by atoms with Gasteiger partial charge in [0, 0.05) is 12.0 Å². The van der Waals surface area contributed by atoms with Gasteiger partial charge in [-0.15, -0.1) is 0 Å². The Labute approximate surface area is 130 Å². The Kier molecular flexibility index (Phi) is 3.28. The number of amides is 1. The predicted octanol–water partition coefficient (Wildman–Crippen LogP) is 3.66. The molecule has 0 saturated carbocycles. The van der Waals surface area contributed by atoms with E-state index in [1.54, 1.807) is 6.07 Å². The Morgan fingerprint density at radius 3 is 2.77 bits per heavy atom. The van der Waals surface area contributed by atoms with Crippen molar-refractivity contribution in [2.45, 2.75) is 58.0 Å². The van der Waals surface area contributed by atoms with Gasteiger partial charge >= 0.3 is 0 Å². The number of halogens is 1. The first-order valence-corrected chi connectivity index (χ1v) is 7.82. The molecule has 4 heteroatoms. The van der Waals surface area contributed by atoms with Gasteiger partial charge in [-0.05, 0) is 51.7 Å². The Morgan fingerprint density at radius 1 is 1.41 bits per heavy atom. The summed E-state index contributed by atoms with van der Waals surface area (Å²) in [5, 5.41) is 9.46. The van der Waals surface area contributed by atoms with Crippen LogP contribution in [0.15, 0.2) is 18.2 Å². The van der Waals surface area contributed by atoms with Gasteiger partial charge in [-0.1, -0.05) is 12.1 Å². The normalized spacial score (nSPS) is 27.9. The second-order valence-corrected chi connectivity index (χ2v) is 7.12. The molecule has 3 rings (SSSR count). The van der Waals surface area contributed by atoms with Crippen molar-refractivity contribution >= 4 is 5.91 Å². The van der Waals surface area contributed by atoms with E-state index in [-0.39, 0.29) is 17.8 Å². The summed E-state index contributed by atoms with van der Waals surface area (Å²) in [6.45, 7) is 5.64. The minimum absolute atomic E-state index is 0.0495. The molecule has 1 aromatic rings. The van der Waals surface area contributed by atoms with Crippen LogP contribution >= 0.6 is 0 Å². The molecule has 2 saturated heterocycles. The third-order valence-electron chi connectivity index (χ3n) is 5.43. The largest absolute Gasteiger partial charge is 0.328 e. The molecule has 1 amide bonds. The van der Waals surface area contributed by atoms with Crippen LogP contribution < -0.4 is 0 Å². The molecule has 1 aromatic carbocycles. The van der Waals surface area contributed by atoms with E-state index in [0.29, 0.717) is 18.4 Å². The Bertz CT molecular complexity index is 656. The first-order chi connectivity index (χ1) is 10.3. The summed E-state index contributed by atoms with van der Waals surface area (Å²) in [4.78, 5) is 14.4. The number of hydrogen-bond donors (Lipinski definition) is 0. The maximum atomic E-state index is 14.6. The van der Waals surface area contributed by atoms with Crippen molar-refractivity contribution in [3.8, 4) is 6.07 Å². The van der Waals surface area contributed by atoms with Crippen LogP contribution in [0.4, 0.5) is 4.39 Å². The van der Waals surface area contributed by atoms with Crippen molar-refractivity contribution in [1.29, 1.82) is 5.26 Å². The molecule has 22 heavy (non-hydrogen) atoms. The zero-order chi connectivity index (χ0) is 16.1. The average Bonchev–Trinajstić information content (AvgIpc) is 2.99. The molecular formula is C18H21FN2O. The molecule has 0 aromatic heterocycles. The zero-order valence-corrected chi connectivity index (χ0v) is 13.3. The smallest absolute Gasteiger partial charge is 0.223 e. The fourth-order valence-electron chi connectivity index (χ4n) is 4.37.